The van der Waals surface area contributed by atoms with Gasteiger partial charge in [0, 0.05) is 48.7 Å². The van der Waals surface area contributed by atoms with E-state index in [1.54, 1.807) is 11.8 Å². The highest BCUT2D eigenvalue weighted by molar-refractivity contribution is 7.99. The molecule has 0 radical (unpaired) electrons. The molecule has 0 aromatic heterocycles. The van der Waals surface area contributed by atoms with Crippen molar-refractivity contribution in [1.29, 1.82) is 0 Å². The van der Waals surface area contributed by atoms with Gasteiger partial charge in [-0.3, -0.25) is 9.59 Å². The number of hydrogen-bond donors (Lipinski definition) is 3. The first kappa shape index (κ1) is 30.5. The summed E-state index contributed by atoms with van der Waals surface area (Å²) in [5.74, 6) is 0.592. The molecular formula is C35H36N2O5S. The van der Waals surface area contributed by atoms with E-state index in [0.717, 1.165) is 49.7 Å². The topological polar surface area (TPSA) is 96.9 Å². The number of benzene rings is 4. The van der Waals surface area contributed by atoms with Crippen molar-refractivity contribution >= 4 is 29.3 Å². The van der Waals surface area contributed by atoms with E-state index < -0.39 is 6.29 Å². The highest BCUT2D eigenvalue weighted by Crippen LogP contribution is 2.40. The normalized spacial score (nSPS) is 18.2. The molecule has 8 heteroatoms. The summed E-state index contributed by atoms with van der Waals surface area (Å²) in [7, 11) is 0. The minimum absolute atomic E-state index is 0.0000275. The second-order valence-electron chi connectivity index (χ2n) is 10.6. The number of nitrogens with one attached hydrogen (secondary N) is 2. The number of carbonyl (C=O) groups excluding carboxylic acids is 2. The Morgan fingerprint density at radius 3 is 2.21 bits per heavy atom. The number of rotatable bonds is 10. The van der Waals surface area contributed by atoms with Crippen LogP contribution in [-0.4, -0.2) is 28.8 Å². The van der Waals surface area contributed by atoms with Crippen molar-refractivity contribution in [3.05, 3.63) is 119 Å². The molecule has 43 heavy (non-hydrogen) atoms. The highest BCUT2D eigenvalue weighted by Gasteiger charge is 2.32. The smallest absolute Gasteiger partial charge is 0.221 e. The largest absolute Gasteiger partial charge is 0.392 e. The highest BCUT2D eigenvalue weighted by atomic mass is 32.2. The Balaban J connectivity index is 1.31. The monoisotopic (exact) mass is 596 g/mol. The SMILES string of the molecule is CC(=O)NCc1cccc(-c2ccc([C@@H]3O[C@H](CSc4ccc(NC(C)=O)cc4)C[C@H](c4ccc(CO)cc4)O3)cc2)c1. The molecule has 222 valence electrons. The fourth-order valence-electron chi connectivity index (χ4n) is 4.97. The molecule has 1 aliphatic rings. The van der Waals surface area contributed by atoms with Gasteiger partial charge in [0.15, 0.2) is 6.29 Å². The minimum atomic E-state index is -0.538. The molecule has 1 fully saturated rings. The van der Waals surface area contributed by atoms with Crippen molar-refractivity contribution in [1.82, 2.24) is 5.32 Å². The standard InChI is InChI=1S/C35H36N2O5S/c1-23(39)36-20-26-4-3-5-30(18-26)27-10-12-29(13-11-27)35-41-32(19-34(42-35)28-8-6-25(21-38)7-9-28)22-43-33-16-14-31(15-17-33)37-24(2)40/h3-18,32,34-35,38H,19-22H2,1-2H3,(H,36,39)(H,37,40)/t32-,34+,35+/m0/s1. The maximum Gasteiger partial charge on any atom is 0.221 e. The number of hydrogen-bond acceptors (Lipinski definition) is 6. The maximum absolute atomic E-state index is 11.3. The molecule has 4 aromatic carbocycles. The zero-order chi connectivity index (χ0) is 30.2. The van der Waals surface area contributed by atoms with Crippen LogP contribution in [0.15, 0.2) is 102 Å². The zero-order valence-corrected chi connectivity index (χ0v) is 25.1. The quantitative estimate of drug-likeness (QED) is 0.175. The number of amides is 2. The van der Waals surface area contributed by atoms with Crippen LogP contribution in [-0.2, 0) is 32.2 Å². The van der Waals surface area contributed by atoms with Crippen LogP contribution >= 0.6 is 11.8 Å². The van der Waals surface area contributed by atoms with Gasteiger partial charge in [0.05, 0.1) is 18.8 Å². The van der Waals surface area contributed by atoms with Gasteiger partial charge in [0.1, 0.15) is 0 Å². The van der Waals surface area contributed by atoms with Gasteiger partial charge in [-0.25, -0.2) is 0 Å². The molecule has 7 nitrogen and oxygen atoms in total. The van der Waals surface area contributed by atoms with Crippen LogP contribution in [0.4, 0.5) is 5.69 Å². The lowest BCUT2D eigenvalue weighted by Gasteiger charge is -2.36. The van der Waals surface area contributed by atoms with Gasteiger partial charge in [0.2, 0.25) is 11.8 Å². The Bertz CT molecular complexity index is 1520. The summed E-state index contributed by atoms with van der Waals surface area (Å²) in [6.07, 6.45) is -0.0644. The molecule has 1 aliphatic heterocycles. The average molecular weight is 597 g/mol. The number of anilines is 1. The second kappa shape index (κ2) is 14.5. The van der Waals surface area contributed by atoms with Gasteiger partial charge in [-0.15, -0.1) is 11.8 Å². The molecule has 2 amide bonds. The fourth-order valence-corrected chi connectivity index (χ4v) is 5.89. The third-order valence-corrected chi connectivity index (χ3v) is 8.35. The number of aliphatic hydroxyl groups excluding tert-OH is 1. The molecule has 0 saturated carbocycles. The summed E-state index contributed by atoms with van der Waals surface area (Å²) in [5, 5.41) is 15.1. The van der Waals surface area contributed by atoms with Gasteiger partial charge in [-0.05, 0) is 58.1 Å². The number of aliphatic hydroxyl groups is 1. The maximum atomic E-state index is 11.3. The predicted octanol–water partition coefficient (Wildman–Crippen LogP) is 6.78. The van der Waals surface area contributed by atoms with Crippen LogP contribution in [0.25, 0.3) is 11.1 Å². The van der Waals surface area contributed by atoms with E-state index in [-0.39, 0.29) is 30.6 Å². The molecule has 1 saturated heterocycles. The Morgan fingerprint density at radius 2 is 1.53 bits per heavy atom. The minimum Gasteiger partial charge on any atom is -0.392 e. The van der Waals surface area contributed by atoms with Gasteiger partial charge >= 0.3 is 0 Å². The molecule has 0 unspecified atom stereocenters. The Labute approximate surface area is 256 Å². The third kappa shape index (κ3) is 8.55. The van der Waals surface area contributed by atoms with Crippen molar-refractivity contribution < 1.29 is 24.2 Å². The number of thioether (sulfide) groups is 1. The van der Waals surface area contributed by atoms with E-state index in [1.807, 2.05) is 72.8 Å². The van der Waals surface area contributed by atoms with Crippen molar-refractivity contribution in [2.24, 2.45) is 0 Å². The molecule has 0 spiro atoms. The first-order chi connectivity index (χ1) is 20.9. The summed E-state index contributed by atoms with van der Waals surface area (Å²) in [6, 6.07) is 32.1. The molecule has 3 atom stereocenters. The van der Waals surface area contributed by atoms with Gasteiger partial charge in [0.25, 0.3) is 0 Å². The van der Waals surface area contributed by atoms with Crippen molar-refractivity contribution in [3.8, 4) is 11.1 Å². The van der Waals surface area contributed by atoms with E-state index in [1.165, 1.54) is 13.8 Å². The van der Waals surface area contributed by atoms with Crippen molar-refractivity contribution in [2.75, 3.05) is 11.1 Å². The molecule has 3 N–H and O–H groups in total. The van der Waals surface area contributed by atoms with E-state index in [4.69, 9.17) is 9.47 Å². The molecule has 1 heterocycles. The Kier molecular flexibility index (Phi) is 10.3. The predicted molar refractivity (Wildman–Crippen MR) is 169 cm³/mol. The van der Waals surface area contributed by atoms with Crippen LogP contribution < -0.4 is 10.6 Å². The van der Waals surface area contributed by atoms with Crippen LogP contribution in [0, 0.1) is 0 Å². The van der Waals surface area contributed by atoms with E-state index in [0.29, 0.717) is 13.0 Å². The van der Waals surface area contributed by atoms with Crippen molar-refractivity contribution in [3.63, 3.8) is 0 Å². The molecule has 0 aliphatic carbocycles. The first-order valence-corrected chi connectivity index (χ1v) is 15.3. The first-order valence-electron chi connectivity index (χ1n) is 14.3. The summed E-state index contributed by atoms with van der Waals surface area (Å²) >= 11 is 1.71. The third-order valence-electron chi connectivity index (χ3n) is 7.21. The number of ether oxygens (including phenoxy) is 2. The Hall–Kier alpha value is -3.95. The van der Waals surface area contributed by atoms with Crippen LogP contribution in [0.2, 0.25) is 0 Å². The van der Waals surface area contributed by atoms with Gasteiger partial charge in [-0.1, -0.05) is 66.7 Å². The van der Waals surface area contributed by atoms with Crippen LogP contribution in [0.1, 0.15) is 54.9 Å². The summed E-state index contributed by atoms with van der Waals surface area (Å²) < 4.78 is 13.0. The molecule has 4 aromatic rings. The van der Waals surface area contributed by atoms with E-state index in [2.05, 4.69) is 34.9 Å². The summed E-state index contributed by atoms with van der Waals surface area (Å²) in [4.78, 5) is 23.8. The van der Waals surface area contributed by atoms with Gasteiger partial charge in [-0.2, -0.15) is 0 Å². The van der Waals surface area contributed by atoms with Crippen LogP contribution in [0.5, 0.6) is 0 Å². The molecular weight excluding hydrogens is 560 g/mol. The van der Waals surface area contributed by atoms with E-state index >= 15 is 0 Å². The Morgan fingerprint density at radius 1 is 0.814 bits per heavy atom. The number of carbonyl (C=O) groups is 2. The lowest BCUT2D eigenvalue weighted by atomic mass is 9.99. The van der Waals surface area contributed by atoms with E-state index in [9.17, 15) is 14.7 Å². The lowest BCUT2D eigenvalue weighted by molar-refractivity contribution is -0.245. The summed E-state index contributed by atoms with van der Waals surface area (Å²) in [5.41, 5.74) is 6.79. The molecule has 0 bridgehead atoms. The molecule has 5 rings (SSSR count). The zero-order valence-electron chi connectivity index (χ0n) is 24.3. The van der Waals surface area contributed by atoms with Gasteiger partial charge < -0.3 is 25.2 Å². The van der Waals surface area contributed by atoms with Crippen LogP contribution in [0.3, 0.4) is 0 Å². The lowest BCUT2D eigenvalue weighted by Crippen LogP contribution is -2.31. The fraction of sp³-hybridized carbons (Fsp3) is 0.257. The van der Waals surface area contributed by atoms with Crippen molar-refractivity contribution in [2.45, 2.75) is 56.8 Å². The second-order valence-corrected chi connectivity index (χ2v) is 11.7. The summed E-state index contributed by atoms with van der Waals surface area (Å²) in [6.45, 7) is 3.50. The average Bonchev–Trinajstić information content (AvgIpc) is 3.03.